The Balaban J connectivity index is 2.38. The van der Waals surface area contributed by atoms with Gasteiger partial charge in [-0.15, -0.1) is 0 Å². The lowest BCUT2D eigenvalue weighted by molar-refractivity contribution is -0.0769. The first-order valence-corrected chi connectivity index (χ1v) is 7.37. The van der Waals surface area contributed by atoms with Gasteiger partial charge in [-0.25, -0.2) is 4.79 Å². The Hall–Kier alpha value is -1.03. The zero-order valence-corrected chi connectivity index (χ0v) is 13.7. The first kappa shape index (κ1) is 15.4. The predicted molar refractivity (Wildman–Crippen MR) is 78.4 cm³/mol. The summed E-state index contributed by atoms with van der Waals surface area (Å²) in [6, 6.07) is 0. The van der Waals surface area contributed by atoms with Crippen LogP contribution < -0.4 is 0 Å². The SMILES string of the molecule is CC1=C[C@@]2(CC1)[C@@H](C)OC(C)(C)N2C(=O)OC(C)(C)C. The van der Waals surface area contributed by atoms with E-state index in [1.54, 1.807) is 4.90 Å². The monoisotopic (exact) mass is 281 g/mol. The maximum atomic E-state index is 12.7. The van der Waals surface area contributed by atoms with Crippen molar-refractivity contribution in [3.8, 4) is 0 Å². The molecule has 0 N–H and O–H groups in total. The molecule has 114 valence electrons. The molecule has 1 heterocycles. The number of carbonyl (C=O) groups is 1. The van der Waals surface area contributed by atoms with Crippen molar-refractivity contribution in [2.75, 3.05) is 0 Å². The van der Waals surface area contributed by atoms with Crippen LogP contribution in [0.2, 0.25) is 0 Å². The van der Waals surface area contributed by atoms with Crippen molar-refractivity contribution in [2.45, 2.75) is 84.3 Å². The van der Waals surface area contributed by atoms with Crippen LogP contribution in [-0.4, -0.2) is 34.0 Å². The molecular weight excluding hydrogens is 254 g/mol. The highest BCUT2D eigenvalue weighted by Gasteiger charge is 2.59. The van der Waals surface area contributed by atoms with Crippen molar-refractivity contribution in [1.82, 2.24) is 4.90 Å². The quantitative estimate of drug-likeness (QED) is 0.633. The van der Waals surface area contributed by atoms with Crippen LogP contribution in [0.3, 0.4) is 0 Å². The van der Waals surface area contributed by atoms with Crippen molar-refractivity contribution >= 4 is 6.09 Å². The molecule has 1 spiro atoms. The largest absolute Gasteiger partial charge is 0.444 e. The second-order valence-electron chi connectivity index (χ2n) is 7.50. The highest BCUT2D eigenvalue weighted by molar-refractivity contribution is 5.71. The Morgan fingerprint density at radius 1 is 1.45 bits per heavy atom. The third kappa shape index (κ3) is 2.46. The summed E-state index contributed by atoms with van der Waals surface area (Å²) in [5, 5.41) is 0. The molecule has 2 atom stereocenters. The van der Waals surface area contributed by atoms with Crippen LogP contribution in [0.1, 0.15) is 61.3 Å². The zero-order valence-electron chi connectivity index (χ0n) is 13.7. The standard InChI is InChI=1S/C16H27NO3/c1-11-8-9-16(10-11)12(2)19-15(6,7)17(16)13(18)20-14(3,4)5/h10,12H,8-9H2,1-7H3/t12-,16+/m1/s1. The number of nitrogens with zero attached hydrogens (tertiary/aromatic N) is 1. The van der Waals surface area contributed by atoms with E-state index in [1.807, 2.05) is 41.5 Å². The second-order valence-corrected chi connectivity index (χ2v) is 7.50. The van der Waals surface area contributed by atoms with Crippen molar-refractivity contribution in [3.63, 3.8) is 0 Å². The number of ether oxygens (including phenoxy) is 2. The number of allylic oxidation sites excluding steroid dienone is 1. The molecule has 0 unspecified atom stereocenters. The smallest absolute Gasteiger partial charge is 0.413 e. The number of hydrogen-bond donors (Lipinski definition) is 0. The Morgan fingerprint density at radius 3 is 2.50 bits per heavy atom. The lowest BCUT2D eigenvalue weighted by Crippen LogP contribution is -2.56. The minimum absolute atomic E-state index is 0.0255. The number of amides is 1. The molecule has 1 aliphatic heterocycles. The minimum Gasteiger partial charge on any atom is -0.444 e. The zero-order chi connectivity index (χ0) is 15.3. The summed E-state index contributed by atoms with van der Waals surface area (Å²) in [5.41, 5.74) is -0.206. The summed E-state index contributed by atoms with van der Waals surface area (Å²) in [4.78, 5) is 14.5. The lowest BCUT2D eigenvalue weighted by atomic mass is 9.91. The van der Waals surface area contributed by atoms with Gasteiger partial charge in [-0.1, -0.05) is 11.6 Å². The fourth-order valence-electron chi connectivity index (χ4n) is 3.43. The van der Waals surface area contributed by atoms with Gasteiger partial charge in [0.15, 0.2) is 0 Å². The summed E-state index contributed by atoms with van der Waals surface area (Å²) in [7, 11) is 0. The van der Waals surface area contributed by atoms with Gasteiger partial charge in [-0.3, -0.25) is 4.90 Å². The van der Waals surface area contributed by atoms with E-state index < -0.39 is 11.3 Å². The summed E-state index contributed by atoms with van der Waals surface area (Å²) in [5.74, 6) is 0. The topological polar surface area (TPSA) is 38.8 Å². The van der Waals surface area contributed by atoms with E-state index in [0.29, 0.717) is 0 Å². The van der Waals surface area contributed by atoms with Gasteiger partial charge in [-0.05, 0) is 61.3 Å². The van der Waals surface area contributed by atoms with Gasteiger partial charge in [0.25, 0.3) is 0 Å². The average molecular weight is 281 g/mol. The Morgan fingerprint density at radius 2 is 2.05 bits per heavy atom. The van der Waals surface area contributed by atoms with Crippen LogP contribution in [0.25, 0.3) is 0 Å². The van der Waals surface area contributed by atoms with Crippen LogP contribution in [0.15, 0.2) is 11.6 Å². The molecule has 1 aliphatic carbocycles. The van der Waals surface area contributed by atoms with Gasteiger partial charge in [0.05, 0.1) is 11.6 Å². The van der Waals surface area contributed by atoms with E-state index in [4.69, 9.17) is 9.47 Å². The van der Waals surface area contributed by atoms with Crippen molar-refractivity contribution in [3.05, 3.63) is 11.6 Å². The molecule has 2 aliphatic rings. The minimum atomic E-state index is -0.650. The lowest BCUT2D eigenvalue weighted by Gasteiger charge is -2.40. The van der Waals surface area contributed by atoms with Gasteiger partial charge in [0.1, 0.15) is 11.3 Å². The molecule has 0 saturated carbocycles. The highest BCUT2D eigenvalue weighted by atomic mass is 16.6. The van der Waals surface area contributed by atoms with Crippen molar-refractivity contribution in [2.24, 2.45) is 0 Å². The van der Waals surface area contributed by atoms with Crippen LogP contribution in [0, 0.1) is 0 Å². The first-order valence-electron chi connectivity index (χ1n) is 7.37. The summed E-state index contributed by atoms with van der Waals surface area (Å²) < 4.78 is 11.7. The van der Waals surface area contributed by atoms with Gasteiger partial charge >= 0.3 is 6.09 Å². The van der Waals surface area contributed by atoms with E-state index in [9.17, 15) is 4.79 Å². The Labute approximate surface area is 122 Å². The Bertz CT molecular complexity index is 447. The van der Waals surface area contributed by atoms with Crippen molar-refractivity contribution in [1.29, 1.82) is 0 Å². The summed E-state index contributed by atoms with van der Waals surface area (Å²) in [6.45, 7) is 13.7. The van der Waals surface area contributed by atoms with Gasteiger partial charge < -0.3 is 9.47 Å². The molecule has 20 heavy (non-hydrogen) atoms. The molecule has 4 heteroatoms. The molecule has 0 aromatic heterocycles. The van der Waals surface area contributed by atoms with Crippen LogP contribution in [0.5, 0.6) is 0 Å². The van der Waals surface area contributed by atoms with E-state index in [2.05, 4.69) is 13.0 Å². The molecule has 1 fully saturated rings. The average Bonchev–Trinajstić information content (AvgIpc) is 2.64. The van der Waals surface area contributed by atoms with Crippen LogP contribution in [-0.2, 0) is 9.47 Å². The maximum Gasteiger partial charge on any atom is 0.413 e. The molecule has 0 radical (unpaired) electrons. The highest BCUT2D eigenvalue weighted by Crippen LogP contribution is 2.48. The molecule has 1 amide bonds. The summed E-state index contributed by atoms with van der Waals surface area (Å²) >= 11 is 0. The second kappa shape index (κ2) is 4.48. The van der Waals surface area contributed by atoms with Crippen LogP contribution >= 0.6 is 0 Å². The molecule has 2 rings (SSSR count). The van der Waals surface area contributed by atoms with Gasteiger partial charge in [-0.2, -0.15) is 0 Å². The van der Waals surface area contributed by atoms with E-state index in [1.165, 1.54) is 5.57 Å². The molecule has 4 nitrogen and oxygen atoms in total. The summed E-state index contributed by atoms with van der Waals surface area (Å²) in [6.07, 6.45) is 3.78. The molecule has 0 aromatic rings. The fraction of sp³-hybridized carbons (Fsp3) is 0.812. The van der Waals surface area contributed by atoms with Gasteiger partial charge in [0.2, 0.25) is 0 Å². The number of rotatable bonds is 0. The molecule has 1 saturated heterocycles. The Kier molecular flexibility index (Phi) is 3.44. The molecule has 0 aromatic carbocycles. The maximum absolute atomic E-state index is 12.7. The molecular formula is C16H27NO3. The number of hydrogen-bond acceptors (Lipinski definition) is 3. The van der Waals surface area contributed by atoms with E-state index in [0.717, 1.165) is 12.8 Å². The van der Waals surface area contributed by atoms with Gasteiger partial charge in [0, 0.05) is 0 Å². The third-order valence-corrected chi connectivity index (χ3v) is 4.12. The van der Waals surface area contributed by atoms with Crippen molar-refractivity contribution < 1.29 is 14.3 Å². The fourth-order valence-corrected chi connectivity index (χ4v) is 3.43. The molecule has 0 bridgehead atoms. The number of carbonyl (C=O) groups excluding carboxylic acids is 1. The normalized spacial score (nSPS) is 32.6. The first-order chi connectivity index (χ1) is 8.98. The predicted octanol–water partition coefficient (Wildman–Crippen LogP) is 3.86. The third-order valence-electron chi connectivity index (χ3n) is 4.12. The van der Waals surface area contributed by atoms with Crippen LogP contribution in [0.4, 0.5) is 4.79 Å². The van der Waals surface area contributed by atoms with E-state index >= 15 is 0 Å². The van der Waals surface area contributed by atoms with E-state index in [-0.39, 0.29) is 17.7 Å².